The van der Waals surface area contributed by atoms with E-state index in [9.17, 15) is 0 Å². The molecule has 1 unspecified atom stereocenters. The summed E-state index contributed by atoms with van der Waals surface area (Å²) in [5.41, 5.74) is 5.30. The molecule has 1 aliphatic carbocycles. The summed E-state index contributed by atoms with van der Waals surface area (Å²) < 4.78 is 6.01. The van der Waals surface area contributed by atoms with E-state index in [0.29, 0.717) is 12.6 Å². The van der Waals surface area contributed by atoms with E-state index in [2.05, 4.69) is 54.3 Å². The molecular weight excluding hydrogens is 332 g/mol. The zero-order valence-corrected chi connectivity index (χ0v) is 15.6. The predicted octanol–water partition coefficient (Wildman–Crippen LogP) is 4.59. The Morgan fingerprint density at radius 1 is 1.12 bits per heavy atom. The second-order valence-corrected chi connectivity index (χ2v) is 6.92. The minimum atomic E-state index is 0. The van der Waals surface area contributed by atoms with Gasteiger partial charge in [-0.3, -0.25) is 0 Å². The Hall–Kier alpha value is -1.97. The van der Waals surface area contributed by atoms with Crippen molar-refractivity contribution in [3.63, 3.8) is 0 Å². The van der Waals surface area contributed by atoms with Gasteiger partial charge in [-0.15, -0.1) is 12.4 Å². The maximum Gasteiger partial charge on any atom is 0.120 e. The molecule has 4 heteroatoms. The summed E-state index contributed by atoms with van der Waals surface area (Å²) in [5, 5.41) is 1.32. The van der Waals surface area contributed by atoms with Gasteiger partial charge in [-0.2, -0.15) is 0 Å². The molecule has 0 fully saturated rings. The van der Waals surface area contributed by atoms with Crippen molar-refractivity contribution in [2.45, 2.75) is 31.9 Å². The fraction of sp³-hybridized carbons (Fsp3) is 0.333. The van der Waals surface area contributed by atoms with Crippen LogP contribution in [0.5, 0.6) is 5.75 Å². The van der Waals surface area contributed by atoms with Crippen molar-refractivity contribution in [2.75, 3.05) is 14.1 Å². The van der Waals surface area contributed by atoms with Crippen LogP contribution in [0.3, 0.4) is 0 Å². The highest BCUT2D eigenvalue weighted by molar-refractivity contribution is 5.86. The van der Waals surface area contributed by atoms with Gasteiger partial charge in [0.2, 0.25) is 0 Å². The van der Waals surface area contributed by atoms with Gasteiger partial charge in [0.25, 0.3) is 0 Å². The summed E-state index contributed by atoms with van der Waals surface area (Å²) in [6.07, 6.45) is 3.47. The van der Waals surface area contributed by atoms with Crippen molar-refractivity contribution in [3.05, 3.63) is 65.4 Å². The van der Waals surface area contributed by atoms with Crippen molar-refractivity contribution in [3.8, 4) is 5.75 Å². The summed E-state index contributed by atoms with van der Waals surface area (Å²) in [7, 11) is 4.36. The topological polar surface area (TPSA) is 28.3 Å². The largest absolute Gasteiger partial charge is 0.489 e. The van der Waals surface area contributed by atoms with E-state index in [0.717, 1.165) is 18.6 Å². The Morgan fingerprint density at radius 3 is 2.68 bits per heavy atom. The minimum Gasteiger partial charge on any atom is -0.489 e. The number of ether oxygens (including phenoxy) is 1. The number of aryl methyl sites for hydroxylation is 1. The van der Waals surface area contributed by atoms with Gasteiger partial charge >= 0.3 is 0 Å². The summed E-state index contributed by atoms with van der Waals surface area (Å²) in [4.78, 5) is 5.95. The van der Waals surface area contributed by atoms with Crippen LogP contribution in [0.25, 0.3) is 10.9 Å². The molecule has 1 N–H and O–H groups in total. The molecule has 0 radical (unpaired) electrons. The zero-order chi connectivity index (χ0) is 16.5. The summed E-state index contributed by atoms with van der Waals surface area (Å²) in [5.74, 6) is 0.945. The Morgan fingerprint density at radius 2 is 1.92 bits per heavy atom. The van der Waals surface area contributed by atoms with Crippen LogP contribution in [0, 0.1) is 0 Å². The van der Waals surface area contributed by atoms with Crippen LogP contribution in [0.2, 0.25) is 0 Å². The number of likely N-dealkylation sites (N-methyl/N-ethyl adjacent to an activating group) is 1. The Bertz CT molecular complexity index is 842. The number of H-pyrrole nitrogens is 1. The molecule has 1 aliphatic rings. The molecule has 0 bridgehead atoms. The summed E-state index contributed by atoms with van der Waals surface area (Å²) >= 11 is 0. The smallest absolute Gasteiger partial charge is 0.120 e. The van der Waals surface area contributed by atoms with Crippen LogP contribution in [0.15, 0.2) is 48.5 Å². The molecule has 1 heterocycles. The molecule has 1 aromatic heterocycles. The molecule has 0 saturated carbocycles. The second kappa shape index (κ2) is 7.51. The number of hydrogen-bond acceptors (Lipinski definition) is 2. The fourth-order valence-corrected chi connectivity index (χ4v) is 3.65. The third-order valence-corrected chi connectivity index (χ3v) is 5.11. The highest BCUT2D eigenvalue weighted by Gasteiger charge is 2.23. The Balaban J connectivity index is 0.00000182. The van der Waals surface area contributed by atoms with Crippen LogP contribution in [0.4, 0.5) is 0 Å². The van der Waals surface area contributed by atoms with E-state index in [1.165, 1.54) is 34.1 Å². The molecule has 132 valence electrons. The van der Waals surface area contributed by atoms with Crippen LogP contribution >= 0.6 is 12.4 Å². The van der Waals surface area contributed by atoms with Gasteiger partial charge in [-0.1, -0.05) is 30.3 Å². The third-order valence-electron chi connectivity index (χ3n) is 5.11. The maximum atomic E-state index is 6.01. The van der Waals surface area contributed by atoms with Gasteiger partial charge in [0.1, 0.15) is 12.4 Å². The molecule has 3 nitrogen and oxygen atoms in total. The van der Waals surface area contributed by atoms with Crippen molar-refractivity contribution in [2.24, 2.45) is 0 Å². The van der Waals surface area contributed by atoms with Crippen molar-refractivity contribution >= 4 is 23.3 Å². The number of benzene rings is 2. The molecule has 0 amide bonds. The summed E-state index contributed by atoms with van der Waals surface area (Å²) in [6.45, 7) is 0.610. The molecule has 4 rings (SSSR count). The number of aromatic amines is 1. The second-order valence-electron chi connectivity index (χ2n) is 6.92. The van der Waals surface area contributed by atoms with Gasteiger partial charge in [0.05, 0.1) is 0 Å². The average molecular weight is 357 g/mol. The van der Waals surface area contributed by atoms with Crippen LogP contribution in [-0.4, -0.2) is 30.0 Å². The van der Waals surface area contributed by atoms with Crippen LogP contribution < -0.4 is 4.74 Å². The quantitative estimate of drug-likeness (QED) is 0.740. The number of hydrogen-bond donors (Lipinski definition) is 1. The van der Waals surface area contributed by atoms with Gasteiger partial charge in [-0.25, -0.2) is 0 Å². The fourth-order valence-electron chi connectivity index (χ4n) is 3.65. The van der Waals surface area contributed by atoms with Crippen molar-refractivity contribution < 1.29 is 4.74 Å². The number of fused-ring (bicyclic) bond motifs is 3. The lowest BCUT2D eigenvalue weighted by Gasteiger charge is -2.28. The minimum absolute atomic E-state index is 0. The Labute approximate surface area is 155 Å². The SMILES string of the molecule is CN(C)C1CCc2[nH]c3ccc(OCc4ccccc4)cc3c2C1.Cl. The average Bonchev–Trinajstić information content (AvgIpc) is 2.98. The van der Waals surface area contributed by atoms with Crippen LogP contribution in [0.1, 0.15) is 23.2 Å². The van der Waals surface area contributed by atoms with Gasteiger partial charge in [0.15, 0.2) is 0 Å². The number of rotatable bonds is 4. The lowest BCUT2D eigenvalue weighted by Crippen LogP contribution is -2.33. The first-order valence-electron chi connectivity index (χ1n) is 8.67. The van der Waals surface area contributed by atoms with Crippen molar-refractivity contribution in [1.82, 2.24) is 9.88 Å². The first-order chi connectivity index (χ1) is 11.7. The monoisotopic (exact) mass is 356 g/mol. The lowest BCUT2D eigenvalue weighted by atomic mass is 9.91. The van der Waals surface area contributed by atoms with E-state index in [1.807, 2.05) is 18.2 Å². The highest BCUT2D eigenvalue weighted by Crippen LogP contribution is 2.32. The normalized spacial score (nSPS) is 16.5. The molecular formula is C21H25ClN2O. The number of nitrogens with one attached hydrogen (secondary N) is 1. The molecule has 0 aliphatic heterocycles. The maximum absolute atomic E-state index is 6.01. The van der Waals surface area contributed by atoms with Crippen molar-refractivity contribution in [1.29, 1.82) is 0 Å². The standard InChI is InChI=1S/C21H24N2O.ClH/c1-23(2)16-8-10-20-18(12-16)19-13-17(9-11-21(19)22-20)24-14-15-6-4-3-5-7-15;/h3-7,9,11,13,16,22H,8,10,12,14H2,1-2H3;1H. The molecule has 3 aromatic rings. The van der Waals surface area contributed by atoms with E-state index >= 15 is 0 Å². The van der Waals surface area contributed by atoms with E-state index in [4.69, 9.17) is 4.74 Å². The summed E-state index contributed by atoms with van der Waals surface area (Å²) in [6, 6.07) is 17.4. The lowest BCUT2D eigenvalue weighted by molar-refractivity contribution is 0.268. The highest BCUT2D eigenvalue weighted by atomic mass is 35.5. The number of aromatic nitrogens is 1. The zero-order valence-electron chi connectivity index (χ0n) is 14.8. The van der Waals surface area contributed by atoms with Crippen LogP contribution in [-0.2, 0) is 19.4 Å². The first kappa shape index (κ1) is 17.8. The van der Waals surface area contributed by atoms with Gasteiger partial charge in [0, 0.05) is 22.6 Å². The molecule has 0 saturated heterocycles. The third kappa shape index (κ3) is 3.68. The van der Waals surface area contributed by atoms with E-state index < -0.39 is 0 Å². The molecule has 25 heavy (non-hydrogen) atoms. The molecule has 1 atom stereocenters. The van der Waals surface area contributed by atoms with Gasteiger partial charge < -0.3 is 14.6 Å². The van der Waals surface area contributed by atoms with Gasteiger partial charge in [-0.05, 0) is 62.7 Å². The first-order valence-corrected chi connectivity index (χ1v) is 8.67. The predicted molar refractivity (Wildman–Crippen MR) is 106 cm³/mol. The number of halogens is 1. The van der Waals surface area contributed by atoms with E-state index in [-0.39, 0.29) is 12.4 Å². The van der Waals surface area contributed by atoms with E-state index in [1.54, 1.807) is 0 Å². The molecule has 0 spiro atoms. The Kier molecular flexibility index (Phi) is 5.36. The number of nitrogens with zero attached hydrogens (tertiary/aromatic N) is 1. The molecule has 2 aromatic carbocycles.